The summed E-state index contributed by atoms with van der Waals surface area (Å²) in [4.78, 5) is 10.7. The van der Waals surface area contributed by atoms with Crippen LogP contribution in [0.3, 0.4) is 0 Å². The van der Waals surface area contributed by atoms with Crippen molar-refractivity contribution in [3.05, 3.63) is 59.9 Å². The number of sulfonamides is 1. The molecule has 1 N–H and O–H groups in total. The van der Waals surface area contributed by atoms with Crippen LogP contribution >= 0.6 is 0 Å². The van der Waals surface area contributed by atoms with Crippen LogP contribution < -0.4 is 4.31 Å². The number of hydrogen-bond donors (Lipinski definition) is 1. The van der Waals surface area contributed by atoms with Crippen molar-refractivity contribution >= 4 is 21.7 Å². The van der Waals surface area contributed by atoms with Gasteiger partial charge in [0.25, 0.3) is 10.0 Å². The predicted octanol–water partition coefficient (Wildman–Crippen LogP) is 4.01. The molecule has 26 heavy (non-hydrogen) atoms. The molecule has 0 fully saturated rings. The van der Waals surface area contributed by atoms with Crippen LogP contribution in [0.4, 0.5) is 10.1 Å². The van der Waals surface area contributed by atoms with Crippen LogP contribution in [0.5, 0.6) is 0 Å². The van der Waals surface area contributed by atoms with E-state index in [0.29, 0.717) is 11.6 Å². The smallest absolute Gasteiger partial charge is 0.303 e. The summed E-state index contributed by atoms with van der Waals surface area (Å²) in [6, 6.07) is 11.7. The van der Waals surface area contributed by atoms with E-state index in [0.717, 1.165) is 17.7 Å². The molecule has 0 amide bonds. The van der Waals surface area contributed by atoms with Gasteiger partial charge in [-0.2, -0.15) is 0 Å². The average molecular weight is 379 g/mol. The van der Waals surface area contributed by atoms with Crippen LogP contribution in [0.1, 0.15) is 38.2 Å². The quantitative estimate of drug-likeness (QED) is 0.752. The van der Waals surface area contributed by atoms with Crippen molar-refractivity contribution in [2.75, 3.05) is 10.8 Å². The molecule has 140 valence electrons. The Morgan fingerprint density at radius 3 is 2.15 bits per heavy atom. The molecule has 0 radical (unpaired) electrons. The zero-order valence-electron chi connectivity index (χ0n) is 14.7. The van der Waals surface area contributed by atoms with Gasteiger partial charge in [0.15, 0.2) is 0 Å². The summed E-state index contributed by atoms with van der Waals surface area (Å²) in [5.74, 6) is -1.21. The Balaban J connectivity index is 2.39. The van der Waals surface area contributed by atoms with Gasteiger partial charge >= 0.3 is 5.97 Å². The third kappa shape index (κ3) is 4.82. The molecule has 0 bridgehead atoms. The van der Waals surface area contributed by atoms with E-state index in [1.807, 2.05) is 26.0 Å². The highest BCUT2D eigenvalue weighted by atomic mass is 32.2. The maximum absolute atomic E-state index is 13.1. The van der Waals surface area contributed by atoms with Gasteiger partial charge in [-0.15, -0.1) is 0 Å². The van der Waals surface area contributed by atoms with E-state index in [1.54, 1.807) is 12.1 Å². The summed E-state index contributed by atoms with van der Waals surface area (Å²) >= 11 is 0. The summed E-state index contributed by atoms with van der Waals surface area (Å²) in [7, 11) is -3.93. The minimum atomic E-state index is -3.93. The molecule has 5 nitrogen and oxygen atoms in total. The topological polar surface area (TPSA) is 74.7 Å². The van der Waals surface area contributed by atoms with Crippen molar-refractivity contribution in [3.8, 4) is 0 Å². The number of benzene rings is 2. The molecule has 0 saturated carbocycles. The lowest BCUT2D eigenvalue weighted by molar-refractivity contribution is -0.137. The molecular weight excluding hydrogens is 357 g/mol. The number of halogens is 1. The van der Waals surface area contributed by atoms with Crippen LogP contribution in [0.25, 0.3) is 0 Å². The average Bonchev–Trinajstić information content (AvgIpc) is 2.59. The van der Waals surface area contributed by atoms with Gasteiger partial charge in [0.1, 0.15) is 5.82 Å². The lowest BCUT2D eigenvalue weighted by Gasteiger charge is -2.25. The summed E-state index contributed by atoms with van der Waals surface area (Å²) in [6.45, 7) is 4.09. The van der Waals surface area contributed by atoms with Crippen molar-refractivity contribution in [1.29, 1.82) is 0 Å². The molecule has 0 aliphatic heterocycles. The van der Waals surface area contributed by atoms with Crippen molar-refractivity contribution in [2.45, 2.75) is 37.5 Å². The summed E-state index contributed by atoms with van der Waals surface area (Å²) in [5, 5.41) is 8.84. The van der Waals surface area contributed by atoms with Crippen LogP contribution in [0.2, 0.25) is 0 Å². The molecule has 0 saturated heterocycles. The van der Waals surface area contributed by atoms with Gasteiger partial charge in [0.05, 0.1) is 10.6 Å². The minimum Gasteiger partial charge on any atom is -0.481 e. The van der Waals surface area contributed by atoms with Gasteiger partial charge in [0.2, 0.25) is 0 Å². The zero-order valence-corrected chi connectivity index (χ0v) is 15.5. The second kappa shape index (κ2) is 8.31. The maximum atomic E-state index is 13.1. The van der Waals surface area contributed by atoms with Crippen LogP contribution in [0, 0.1) is 5.82 Å². The molecule has 0 spiro atoms. The molecule has 0 aliphatic carbocycles. The number of nitrogens with zero attached hydrogens (tertiary/aromatic N) is 1. The van der Waals surface area contributed by atoms with E-state index < -0.39 is 21.8 Å². The lowest BCUT2D eigenvalue weighted by atomic mass is 10.0. The Morgan fingerprint density at radius 1 is 1.08 bits per heavy atom. The first-order valence-corrected chi connectivity index (χ1v) is 9.76. The lowest BCUT2D eigenvalue weighted by Crippen LogP contribution is -2.32. The van der Waals surface area contributed by atoms with Gasteiger partial charge in [-0.3, -0.25) is 9.10 Å². The first kappa shape index (κ1) is 19.9. The first-order valence-electron chi connectivity index (χ1n) is 8.32. The zero-order chi connectivity index (χ0) is 19.3. The Labute approximate surface area is 153 Å². The van der Waals surface area contributed by atoms with E-state index in [2.05, 4.69) is 0 Å². The van der Waals surface area contributed by atoms with Gasteiger partial charge < -0.3 is 5.11 Å². The number of aliphatic carboxylic acids is 1. The Kier molecular flexibility index (Phi) is 6.37. The van der Waals surface area contributed by atoms with Crippen LogP contribution in [-0.2, 0) is 14.8 Å². The summed E-state index contributed by atoms with van der Waals surface area (Å²) in [6.07, 6.45) is 0.0290. The van der Waals surface area contributed by atoms with E-state index in [1.165, 1.54) is 16.4 Å². The Morgan fingerprint density at radius 2 is 1.65 bits per heavy atom. The molecule has 0 atom stereocenters. The molecule has 0 aromatic heterocycles. The van der Waals surface area contributed by atoms with Gasteiger partial charge in [-0.05, 0) is 54.3 Å². The van der Waals surface area contributed by atoms with E-state index in [9.17, 15) is 17.6 Å². The molecule has 7 heteroatoms. The first-order chi connectivity index (χ1) is 12.2. The van der Waals surface area contributed by atoms with E-state index in [4.69, 9.17) is 5.11 Å². The largest absolute Gasteiger partial charge is 0.481 e. The third-order valence-electron chi connectivity index (χ3n) is 4.00. The summed E-state index contributed by atoms with van der Waals surface area (Å²) in [5.41, 5.74) is 1.52. The highest BCUT2D eigenvalue weighted by Gasteiger charge is 2.25. The number of carboxylic acids is 1. The molecule has 2 aromatic carbocycles. The van der Waals surface area contributed by atoms with E-state index in [-0.39, 0.29) is 24.3 Å². The fraction of sp³-hybridized carbons (Fsp3) is 0.316. The molecule has 0 heterocycles. The number of rotatable bonds is 8. The SMILES string of the molecule is CC(C)c1ccc(N(CCCC(=O)O)S(=O)(=O)c2ccc(F)cc2)cc1. The van der Waals surface area contributed by atoms with Gasteiger partial charge in [-0.1, -0.05) is 26.0 Å². The summed E-state index contributed by atoms with van der Waals surface area (Å²) < 4.78 is 40.3. The number of carboxylic acid groups (broad SMARTS) is 1. The van der Waals surface area contributed by atoms with Crippen molar-refractivity contribution in [3.63, 3.8) is 0 Å². The van der Waals surface area contributed by atoms with Gasteiger partial charge in [-0.25, -0.2) is 12.8 Å². The monoisotopic (exact) mass is 379 g/mol. The highest BCUT2D eigenvalue weighted by molar-refractivity contribution is 7.92. The fourth-order valence-corrected chi connectivity index (χ4v) is 4.02. The molecular formula is C19H22FNO4S. The van der Waals surface area contributed by atoms with Crippen molar-refractivity contribution in [2.24, 2.45) is 0 Å². The third-order valence-corrected chi connectivity index (χ3v) is 5.84. The normalized spacial score (nSPS) is 11.5. The molecule has 2 rings (SSSR count). The standard InChI is InChI=1S/C19H22FNO4S/c1-14(2)15-5-9-17(10-6-15)21(13-3-4-19(22)23)26(24,25)18-11-7-16(20)8-12-18/h5-12,14H,3-4,13H2,1-2H3,(H,22,23). The second-order valence-electron chi connectivity index (χ2n) is 6.27. The molecule has 0 unspecified atom stereocenters. The van der Waals surface area contributed by atoms with Gasteiger partial charge in [0, 0.05) is 13.0 Å². The minimum absolute atomic E-state index is 0.0209. The van der Waals surface area contributed by atoms with Crippen LogP contribution in [-0.4, -0.2) is 26.0 Å². The number of carbonyl (C=O) groups is 1. The maximum Gasteiger partial charge on any atom is 0.303 e. The number of anilines is 1. The fourth-order valence-electron chi connectivity index (χ4n) is 2.52. The van der Waals surface area contributed by atoms with Crippen LogP contribution in [0.15, 0.2) is 53.4 Å². The van der Waals surface area contributed by atoms with Crippen molar-refractivity contribution < 1.29 is 22.7 Å². The Hall–Kier alpha value is -2.41. The second-order valence-corrected chi connectivity index (χ2v) is 8.14. The van der Waals surface area contributed by atoms with E-state index >= 15 is 0 Å². The predicted molar refractivity (Wildman–Crippen MR) is 98.3 cm³/mol. The molecule has 2 aromatic rings. The molecule has 0 aliphatic rings. The van der Waals surface area contributed by atoms with Crippen molar-refractivity contribution in [1.82, 2.24) is 0 Å². The highest BCUT2D eigenvalue weighted by Crippen LogP contribution is 2.26. The number of hydrogen-bond acceptors (Lipinski definition) is 3. The Bertz CT molecular complexity index is 846.